The Morgan fingerprint density at radius 3 is 2.55 bits per heavy atom. The molecule has 6 nitrogen and oxygen atoms in total. The Balaban J connectivity index is 2.13. The number of H-pyrrole nitrogens is 1. The van der Waals surface area contributed by atoms with Crippen molar-refractivity contribution in [3.63, 3.8) is 0 Å². The number of hydrogen-bond donors (Lipinski definition) is 2. The molecule has 1 aliphatic heterocycles. The minimum absolute atomic E-state index is 0.0384. The molecule has 1 aliphatic rings. The third kappa shape index (κ3) is 2.21. The van der Waals surface area contributed by atoms with E-state index >= 15 is 0 Å². The molecule has 1 aromatic carbocycles. The number of carbonyl (C=O) groups excluding carboxylic acids is 1. The maximum atomic E-state index is 12.3. The van der Waals surface area contributed by atoms with Crippen LogP contribution in [-0.2, 0) is 4.79 Å². The second kappa shape index (κ2) is 5.19. The molecule has 112 valence electrons. The molecule has 2 aromatic rings. The summed E-state index contributed by atoms with van der Waals surface area (Å²) in [4.78, 5) is 24.3. The first-order chi connectivity index (χ1) is 10.5. The van der Waals surface area contributed by atoms with E-state index in [2.05, 4.69) is 16.5 Å². The Labute approximate surface area is 127 Å². The summed E-state index contributed by atoms with van der Waals surface area (Å²) in [6.45, 7) is 3.88. The Hall–Kier alpha value is -2.81. The summed E-state index contributed by atoms with van der Waals surface area (Å²) in [5.41, 5.74) is 1.82. The summed E-state index contributed by atoms with van der Waals surface area (Å²) in [5.74, 6) is 0.140. The first kappa shape index (κ1) is 14.1. The van der Waals surface area contributed by atoms with Crippen LogP contribution in [0.4, 0.5) is 5.82 Å². The van der Waals surface area contributed by atoms with Crippen molar-refractivity contribution in [2.45, 2.75) is 32.2 Å². The van der Waals surface area contributed by atoms with E-state index in [1.807, 2.05) is 13.8 Å². The molecule has 0 radical (unpaired) electrons. The van der Waals surface area contributed by atoms with Crippen LogP contribution in [0.15, 0.2) is 29.1 Å². The van der Waals surface area contributed by atoms with Crippen LogP contribution < -0.4 is 10.9 Å². The minimum atomic E-state index is -0.291. The topological polar surface area (TPSA) is 90.7 Å². The van der Waals surface area contributed by atoms with E-state index in [4.69, 9.17) is 5.26 Å². The first-order valence-corrected chi connectivity index (χ1v) is 7.15. The third-order valence-electron chi connectivity index (χ3n) is 3.92. The van der Waals surface area contributed by atoms with E-state index in [0.717, 1.165) is 5.56 Å². The highest BCUT2D eigenvalue weighted by Gasteiger charge is 2.32. The van der Waals surface area contributed by atoms with Crippen LogP contribution >= 0.6 is 0 Å². The van der Waals surface area contributed by atoms with Crippen LogP contribution in [0.2, 0.25) is 0 Å². The van der Waals surface area contributed by atoms with Crippen molar-refractivity contribution in [1.82, 2.24) is 9.78 Å². The molecule has 2 N–H and O–H groups in total. The Kier molecular flexibility index (Phi) is 3.33. The molecule has 1 atom stereocenters. The van der Waals surface area contributed by atoms with Gasteiger partial charge in [-0.2, -0.15) is 5.26 Å². The lowest BCUT2D eigenvalue weighted by Crippen LogP contribution is -2.27. The molecule has 0 aliphatic carbocycles. The fourth-order valence-corrected chi connectivity index (χ4v) is 2.85. The molecule has 0 fully saturated rings. The average Bonchev–Trinajstić information content (AvgIpc) is 2.84. The third-order valence-corrected chi connectivity index (χ3v) is 3.92. The van der Waals surface area contributed by atoms with E-state index in [1.165, 1.54) is 0 Å². The zero-order valence-corrected chi connectivity index (χ0v) is 12.4. The van der Waals surface area contributed by atoms with Gasteiger partial charge in [0.15, 0.2) is 0 Å². The van der Waals surface area contributed by atoms with E-state index in [9.17, 15) is 9.59 Å². The number of rotatable bonds is 2. The average molecular weight is 296 g/mol. The summed E-state index contributed by atoms with van der Waals surface area (Å²) in [5, 5.41) is 14.5. The highest BCUT2D eigenvalue weighted by molar-refractivity contribution is 5.94. The molecule has 0 saturated heterocycles. The predicted octanol–water partition coefficient (Wildman–Crippen LogP) is 2.10. The summed E-state index contributed by atoms with van der Waals surface area (Å²) in [6.07, 6.45) is 0.226. The van der Waals surface area contributed by atoms with Crippen molar-refractivity contribution < 1.29 is 4.79 Å². The number of benzene rings is 1. The van der Waals surface area contributed by atoms with Gasteiger partial charge >= 0.3 is 0 Å². The summed E-state index contributed by atoms with van der Waals surface area (Å²) in [7, 11) is 0. The predicted molar refractivity (Wildman–Crippen MR) is 81.7 cm³/mol. The number of amides is 1. The van der Waals surface area contributed by atoms with Crippen molar-refractivity contribution >= 4 is 11.7 Å². The molecule has 3 rings (SSSR count). The standard InChI is InChI=1S/C16H16N4O2/c1-9(2)20-15-14(16(22)19-20)12(7-13(21)18-15)11-5-3-10(8-17)4-6-11/h3-6,9,12H,7H2,1-2H3,(H,18,21)(H,19,22)/t12-/m1/s1. The van der Waals surface area contributed by atoms with Crippen LogP contribution in [0.5, 0.6) is 0 Å². The molecule has 1 aromatic heterocycles. The molecule has 6 heteroatoms. The molecule has 1 amide bonds. The van der Waals surface area contributed by atoms with Gasteiger partial charge < -0.3 is 5.32 Å². The van der Waals surface area contributed by atoms with Crippen LogP contribution in [-0.4, -0.2) is 15.7 Å². The van der Waals surface area contributed by atoms with Crippen LogP contribution in [0.1, 0.15) is 48.9 Å². The van der Waals surface area contributed by atoms with Gasteiger partial charge in [0.25, 0.3) is 5.56 Å². The fourth-order valence-electron chi connectivity index (χ4n) is 2.85. The van der Waals surface area contributed by atoms with Crippen molar-refractivity contribution in [3.05, 3.63) is 51.3 Å². The second-order valence-corrected chi connectivity index (χ2v) is 5.71. The van der Waals surface area contributed by atoms with Gasteiger partial charge in [-0.3, -0.25) is 19.4 Å². The number of nitriles is 1. The SMILES string of the molecule is CC(C)n1[nH]c(=O)c2c1NC(=O)C[C@@H]2c1ccc(C#N)cc1. The Bertz CT molecular complexity index is 821. The zero-order chi connectivity index (χ0) is 15.9. The molecule has 22 heavy (non-hydrogen) atoms. The molecule has 2 heterocycles. The molecular weight excluding hydrogens is 280 g/mol. The number of hydrogen-bond acceptors (Lipinski definition) is 3. The van der Waals surface area contributed by atoms with Gasteiger partial charge in [0.05, 0.1) is 17.2 Å². The molecule has 0 spiro atoms. The van der Waals surface area contributed by atoms with Gasteiger partial charge in [0.1, 0.15) is 5.82 Å². The Morgan fingerprint density at radius 1 is 1.27 bits per heavy atom. The first-order valence-electron chi connectivity index (χ1n) is 7.15. The van der Waals surface area contributed by atoms with E-state index in [1.54, 1.807) is 28.9 Å². The number of fused-ring (bicyclic) bond motifs is 1. The highest BCUT2D eigenvalue weighted by Crippen LogP contribution is 2.35. The second-order valence-electron chi connectivity index (χ2n) is 5.71. The minimum Gasteiger partial charge on any atom is -0.311 e. The number of carbonyl (C=O) groups is 1. The highest BCUT2D eigenvalue weighted by atomic mass is 16.2. The van der Waals surface area contributed by atoms with Gasteiger partial charge in [-0.25, -0.2) is 0 Å². The Morgan fingerprint density at radius 2 is 1.95 bits per heavy atom. The lowest BCUT2D eigenvalue weighted by Gasteiger charge is -2.24. The van der Waals surface area contributed by atoms with Gasteiger partial charge in [0, 0.05) is 18.4 Å². The van der Waals surface area contributed by atoms with Crippen molar-refractivity contribution in [2.24, 2.45) is 0 Å². The van der Waals surface area contributed by atoms with Crippen LogP contribution in [0.25, 0.3) is 0 Å². The molecule has 0 unspecified atom stereocenters. The van der Waals surface area contributed by atoms with Crippen LogP contribution in [0, 0.1) is 11.3 Å². The summed E-state index contributed by atoms with van der Waals surface area (Å²) >= 11 is 0. The lowest BCUT2D eigenvalue weighted by molar-refractivity contribution is -0.116. The van der Waals surface area contributed by atoms with Crippen molar-refractivity contribution in [2.75, 3.05) is 5.32 Å². The largest absolute Gasteiger partial charge is 0.311 e. The van der Waals surface area contributed by atoms with Gasteiger partial charge in [0.2, 0.25) is 5.91 Å². The van der Waals surface area contributed by atoms with Crippen LogP contribution in [0.3, 0.4) is 0 Å². The monoisotopic (exact) mass is 296 g/mol. The number of aromatic nitrogens is 2. The van der Waals surface area contributed by atoms with Crippen molar-refractivity contribution in [1.29, 1.82) is 5.26 Å². The van der Waals surface area contributed by atoms with Crippen molar-refractivity contribution in [3.8, 4) is 6.07 Å². The quantitative estimate of drug-likeness (QED) is 0.889. The fraction of sp³-hybridized carbons (Fsp3) is 0.312. The molecule has 0 bridgehead atoms. The smallest absolute Gasteiger partial charge is 0.270 e. The number of nitrogens with one attached hydrogen (secondary N) is 2. The van der Waals surface area contributed by atoms with Gasteiger partial charge in [-0.15, -0.1) is 0 Å². The zero-order valence-electron chi connectivity index (χ0n) is 12.4. The summed E-state index contributed by atoms with van der Waals surface area (Å²) < 4.78 is 1.69. The maximum Gasteiger partial charge on any atom is 0.270 e. The molecular formula is C16H16N4O2. The van der Waals surface area contributed by atoms with E-state index < -0.39 is 0 Å². The van der Waals surface area contributed by atoms with E-state index in [0.29, 0.717) is 16.9 Å². The maximum absolute atomic E-state index is 12.3. The van der Waals surface area contributed by atoms with Gasteiger partial charge in [-0.05, 0) is 31.5 Å². The van der Waals surface area contributed by atoms with E-state index in [-0.39, 0.29) is 29.8 Å². The number of nitrogens with zero attached hydrogens (tertiary/aromatic N) is 2. The summed E-state index contributed by atoms with van der Waals surface area (Å²) in [6, 6.07) is 9.12. The normalized spacial score (nSPS) is 17.0. The lowest BCUT2D eigenvalue weighted by atomic mass is 9.87. The number of aromatic amines is 1. The molecule has 0 saturated carbocycles. The number of anilines is 1. The van der Waals surface area contributed by atoms with Gasteiger partial charge in [-0.1, -0.05) is 12.1 Å².